The lowest BCUT2D eigenvalue weighted by Crippen LogP contribution is -2.63. The van der Waals surface area contributed by atoms with Crippen LogP contribution in [0.25, 0.3) is 0 Å². The molecule has 0 radical (unpaired) electrons. The van der Waals surface area contributed by atoms with E-state index in [9.17, 15) is 58.5 Å². The molecule has 18 N–H and O–H groups in total. The Morgan fingerprint density at radius 2 is 1.44 bits per heavy atom. The topological polar surface area (TPSA) is 447 Å². The summed E-state index contributed by atoms with van der Waals surface area (Å²) in [5, 5.41) is 46.7. The van der Waals surface area contributed by atoms with Crippen LogP contribution >= 0.6 is 11.3 Å². The molecule has 0 spiro atoms. The number of aliphatic imine (C=N–C) groups is 1. The lowest BCUT2D eigenvalue weighted by molar-refractivity contribution is -0.154. The summed E-state index contributed by atoms with van der Waals surface area (Å²) in [5.74, 6) is -7.60. The van der Waals surface area contributed by atoms with Crippen LogP contribution < -0.4 is 55.3 Å². The highest BCUT2D eigenvalue weighted by atomic mass is 32.1. The highest BCUT2D eigenvalue weighted by Crippen LogP contribution is 2.50. The van der Waals surface area contributed by atoms with Crippen molar-refractivity contribution in [3.05, 3.63) is 57.8 Å². The Hall–Kier alpha value is -7.31. The Morgan fingerprint density at radius 1 is 0.736 bits per heavy atom. The van der Waals surface area contributed by atoms with Crippen molar-refractivity contribution in [2.24, 2.45) is 39.1 Å². The maximum atomic E-state index is 15.4. The van der Waals surface area contributed by atoms with Gasteiger partial charge in [0.2, 0.25) is 53.2 Å². The number of aliphatic carboxylic acids is 1. The normalized spacial score (nSPS) is 24.1. The predicted octanol–water partition coefficient (Wildman–Crippen LogP) is -3.26. The van der Waals surface area contributed by atoms with E-state index in [4.69, 9.17) is 28.7 Å². The minimum absolute atomic E-state index is 0.0289. The van der Waals surface area contributed by atoms with E-state index in [-0.39, 0.29) is 96.6 Å². The first-order valence-corrected chi connectivity index (χ1v) is 31.0. The number of β-amino-alcohol motifs (C(OH)–C–C–N with tert-alkyl or cyclic N) is 1. The number of benzene rings is 1. The van der Waals surface area contributed by atoms with Crippen molar-refractivity contribution in [2.75, 3.05) is 45.9 Å². The number of carbonyl (C=O) groups excluding carboxylic acids is 9. The lowest BCUT2D eigenvalue weighted by Gasteiger charge is -2.44. The number of guanidine groups is 1. The standard InChI is InChI=1S/C58H87N15O13S/c1-58-19-5-4-18-46(58)73(45(28-58)51(80)68-39(56(85)86)16-7-21-60)55(84)44-25-33-11-2-3-12-34(33)30-71(44)53(82)41(32-74)69-49(78)40(27-36-13-10-24-87-36)66-47(76)29-65-50(79)43-26-35(75)31-72(43)54(83)42-17-9-23-70(42)52(81)38(15-6-20-59)67-48(77)37(61)14-8-22-64-57(62)63/h2-3,10-13,24,35,37-46,74-75H,4-9,14-23,25-32,59-61H2,1H3,(H,65,79)(H,66,76)(H,67,77)(H,68,80)(H,69,78)(H,85,86)(H4,62,63,64)/t35-,37-,38+,39+,40+,41+,42+,43+,44-,45+,46+,58+/m1/s1. The summed E-state index contributed by atoms with van der Waals surface area (Å²) in [4.78, 5) is 151. The number of carboxylic acids is 1. The van der Waals surface area contributed by atoms with Gasteiger partial charge >= 0.3 is 5.97 Å². The molecule has 4 aliphatic heterocycles. The SMILES string of the molecule is C[C@@]12CCCC[C@@H]1N(C(=O)[C@H]1Cc3ccccc3CN1C(=O)[C@H](CO)NC(=O)[C@H](Cc1cccs1)NC(=O)CNC(=O)[C@@H]1C[C@@H](O)CN1C(=O)[C@@H]1CCCN1C(=O)[C@H](CCCN)NC(=O)[C@H](N)CCCN=C(N)N)[C@H](C(=O)N[C@@H](CCCN)C(=O)O)C2. The molecule has 3 saturated heterocycles. The summed E-state index contributed by atoms with van der Waals surface area (Å²) in [5.41, 5.74) is 29.3. The van der Waals surface area contributed by atoms with Crippen molar-refractivity contribution in [1.82, 2.24) is 46.2 Å². The molecule has 1 aliphatic carbocycles. The third-order valence-corrected chi connectivity index (χ3v) is 18.4. The highest BCUT2D eigenvalue weighted by molar-refractivity contribution is 7.09. The summed E-state index contributed by atoms with van der Waals surface area (Å²) in [7, 11) is 0. The van der Waals surface area contributed by atoms with Crippen molar-refractivity contribution in [3.63, 3.8) is 0 Å². The average Bonchev–Trinajstić information content (AvgIpc) is 1.77. The van der Waals surface area contributed by atoms with Gasteiger partial charge in [-0.25, -0.2) is 4.79 Å². The Morgan fingerprint density at radius 3 is 2.11 bits per heavy atom. The van der Waals surface area contributed by atoms with Crippen molar-refractivity contribution < 1.29 is 63.3 Å². The number of hydrogen-bond donors (Lipinski definition) is 13. The Bertz CT molecular complexity index is 2820. The van der Waals surface area contributed by atoms with Gasteiger partial charge in [0, 0.05) is 56.4 Å². The fraction of sp³-hybridized carbons (Fsp3) is 0.638. The molecule has 0 bridgehead atoms. The van der Waals surface area contributed by atoms with Crippen LogP contribution in [0.3, 0.4) is 0 Å². The number of carbonyl (C=O) groups is 10. The molecular formula is C58H87N15O13S. The van der Waals surface area contributed by atoms with Crippen molar-refractivity contribution >= 4 is 76.4 Å². The molecule has 28 nitrogen and oxygen atoms in total. The first-order chi connectivity index (χ1) is 41.6. The van der Waals surface area contributed by atoms with Crippen LogP contribution in [0.5, 0.6) is 0 Å². The molecule has 1 aromatic heterocycles. The van der Waals surface area contributed by atoms with Crippen LogP contribution in [0.15, 0.2) is 46.8 Å². The molecule has 87 heavy (non-hydrogen) atoms. The smallest absolute Gasteiger partial charge is 0.326 e. The van der Waals surface area contributed by atoms with E-state index >= 15 is 4.79 Å². The fourth-order valence-corrected chi connectivity index (χ4v) is 13.6. The van der Waals surface area contributed by atoms with E-state index in [1.807, 2.05) is 13.0 Å². The Labute approximate surface area is 509 Å². The third kappa shape index (κ3) is 16.9. The quantitative estimate of drug-likeness (QED) is 0.0226. The van der Waals surface area contributed by atoms with Crippen LogP contribution in [0.4, 0.5) is 0 Å². The van der Waals surface area contributed by atoms with Gasteiger partial charge in [-0.1, -0.05) is 50.1 Å². The second-order valence-electron chi connectivity index (χ2n) is 23.7. The van der Waals surface area contributed by atoms with E-state index in [1.54, 1.807) is 35.7 Å². The molecule has 2 aromatic rings. The monoisotopic (exact) mass is 1230 g/mol. The van der Waals surface area contributed by atoms with E-state index in [0.717, 1.165) is 18.4 Å². The summed E-state index contributed by atoms with van der Waals surface area (Å²) < 4.78 is 0. The van der Waals surface area contributed by atoms with E-state index < -0.39 is 144 Å². The number of nitrogens with one attached hydrogen (secondary N) is 5. The highest BCUT2D eigenvalue weighted by Gasteiger charge is 2.56. The number of aliphatic hydroxyl groups excluding tert-OH is 2. The van der Waals surface area contributed by atoms with Crippen LogP contribution in [0.2, 0.25) is 0 Å². The predicted molar refractivity (Wildman–Crippen MR) is 319 cm³/mol. The number of amides is 9. The van der Waals surface area contributed by atoms with Gasteiger partial charge in [-0.2, -0.15) is 0 Å². The van der Waals surface area contributed by atoms with Gasteiger partial charge in [0.1, 0.15) is 48.3 Å². The summed E-state index contributed by atoms with van der Waals surface area (Å²) in [6, 6.07) is -0.669. The van der Waals surface area contributed by atoms with Gasteiger partial charge in [-0.15, -0.1) is 11.3 Å². The molecule has 29 heteroatoms. The molecule has 478 valence electrons. The average molecular weight is 1230 g/mol. The van der Waals surface area contributed by atoms with Crippen molar-refractivity contribution in [1.29, 1.82) is 0 Å². The second kappa shape index (κ2) is 31.0. The number of thiophene rings is 1. The first kappa shape index (κ1) is 67.2. The number of fused-ring (bicyclic) bond motifs is 2. The number of carboxylic acid groups (broad SMARTS) is 1. The Balaban J connectivity index is 1.02. The first-order valence-electron chi connectivity index (χ1n) is 30.1. The number of nitrogens with two attached hydrogens (primary N) is 5. The minimum atomic E-state index is -1.65. The third-order valence-electron chi connectivity index (χ3n) is 17.5. The number of hydrogen-bond acceptors (Lipinski definition) is 17. The summed E-state index contributed by atoms with van der Waals surface area (Å²) in [6.45, 7) is 0.874. The zero-order valence-corrected chi connectivity index (χ0v) is 50.1. The molecule has 0 unspecified atom stereocenters. The fourth-order valence-electron chi connectivity index (χ4n) is 12.9. The zero-order valence-electron chi connectivity index (χ0n) is 49.3. The maximum absolute atomic E-state index is 15.4. The van der Waals surface area contributed by atoms with Gasteiger partial charge < -0.3 is 90.2 Å². The van der Waals surface area contributed by atoms with Crippen LogP contribution in [0, 0.1) is 5.41 Å². The number of aliphatic hydroxyl groups is 2. The maximum Gasteiger partial charge on any atom is 0.326 e. The van der Waals surface area contributed by atoms with E-state index in [2.05, 4.69) is 31.6 Å². The summed E-state index contributed by atoms with van der Waals surface area (Å²) >= 11 is 1.28. The van der Waals surface area contributed by atoms with Crippen LogP contribution in [-0.2, 0) is 67.3 Å². The van der Waals surface area contributed by atoms with E-state index in [0.29, 0.717) is 49.0 Å². The van der Waals surface area contributed by atoms with Gasteiger partial charge in [-0.3, -0.25) is 48.1 Å². The zero-order chi connectivity index (χ0) is 63.1. The van der Waals surface area contributed by atoms with Crippen molar-refractivity contribution in [2.45, 2.75) is 183 Å². The van der Waals surface area contributed by atoms with Gasteiger partial charge in [-0.05, 0) is 112 Å². The molecule has 12 atom stereocenters. The molecule has 1 saturated carbocycles. The molecule has 5 heterocycles. The van der Waals surface area contributed by atoms with E-state index in [1.165, 1.54) is 30.9 Å². The van der Waals surface area contributed by atoms with Crippen molar-refractivity contribution in [3.8, 4) is 0 Å². The largest absolute Gasteiger partial charge is 0.480 e. The minimum Gasteiger partial charge on any atom is -0.480 e. The van der Waals surface area contributed by atoms with Gasteiger partial charge in [0.25, 0.3) is 0 Å². The second-order valence-corrected chi connectivity index (χ2v) is 24.7. The van der Waals surface area contributed by atoms with Crippen LogP contribution in [-0.4, -0.2) is 212 Å². The molecule has 7 rings (SSSR count). The molecular weight excluding hydrogens is 1150 g/mol. The molecule has 1 aromatic carbocycles. The number of rotatable bonds is 28. The Kier molecular flexibility index (Phi) is 24.0. The van der Waals surface area contributed by atoms with Crippen LogP contribution in [0.1, 0.15) is 113 Å². The number of nitrogens with zero attached hydrogens (tertiary/aromatic N) is 5. The lowest BCUT2D eigenvalue weighted by atomic mass is 9.71. The van der Waals surface area contributed by atoms with Gasteiger partial charge in [0.05, 0.1) is 25.3 Å². The molecule has 4 fully saturated rings. The molecule has 9 amide bonds. The summed E-state index contributed by atoms with van der Waals surface area (Å²) in [6.07, 6.45) is 4.01. The molecule has 5 aliphatic rings. The number of likely N-dealkylation sites (tertiary alicyclic amines) is 3. The van der Waals surface area contributed by atoms with Gasteiger partial charge in [0.15, 0.2) is 5.96 Å².